The van der Waals surface area contributed by atoms with Gasteiger partial charge in [-0.15, -0.1) is 10.2 Å². The summed E-state index contributed by atoms with van der Waals surface area (Å²) in [5.74, 6) is 0.958. The van der Waals surface area contributed by atoms with Crippen LogP contribution in [0.25, 0.3) is 0 Å². The third-order valence-corrected chi connectivity index (χ3v) is 5.20. The van der Waals surface area contributed by atoms with Crippen molar-refractivity contribution in [1.29, 1.82) is 0 Å². The molecule has 0 saturated heterocycles. The standard InChI is InChI=1S/C20H21FN4O2S/c1-13-4-9-17(16(21)10-13)22-19(26)12-28-20-24-23-18(25(20)2)11-14-5-7-15(27-3)8-6-14/h4-10H,11-12H2,1-3H3,(H,22,26). The molecule has 3 rings (SSSR count). The second-order valence-electron chi connectivity index (χ2n) is 6.30. The molecule has 8 heteroatoms. The molecular weight excluding hydrogens is 379 g/mol. The highest BCUT2D eigenvalue weighted by Gasteiger charge is 2.13. The van der Waals surface area contributed by atoms with Crippen LogP contribution in [0, 0.1) is 12.7 Å². The molecule has 3 aromatic rings. The molecule has 0 spiro atoms. The number of aryl methyl sites for hydroxylation is 1. The normalized spacial score (nSPS) is 10.7. The fraction of sp³-hybridized carbons (Fsp3) is 0.250. The molecule has 0 fully saturated rings. The first kappa shape index (κ1) is 19.9. The Kier molecular flexibility index (Phi) is 6.30. The van der Waals surface area contributed by atoms with E-state index in [-0.39, 0.29) is 17.3 Å². The van der Waals surface area contributed by atoms with Gasteiger partial charge < -0.3 is 14.6 Å². The number of thioether (sulfide) groups is 1. The Balaban J connectivity index is 1.58. The maximum absolute atomic E-state index is 13.8. The first-order valence-electron chi connectivity index (χ1n) is 8.66. The lowest BCUT2D eigenvalue weighted by molar-refractivity contribution is -0.113. The molecule has 2 aromatic carbocycles. The topological polar surface area (TPSA) is 69.0 Å². The van der Waals surface area contributed by atoms with Crippen molar-refractivity contribution in [2.75, 3.05) is 18.2 Å². The van der Waals surface area contributed by atoms with Gasteiger partial charge in [0.2, 0.25) is 5.91 Å². The monoisotopic (exact) mass is 400 g/mol. The highest BCUT2D eigenvalue weighted by molar-refractivity contribution is 7.99. The number of aromatic nitrogens is 3. The Morgan fingerprint density at radius 3 is 2.64 bits per heavy atom. The van der Waals surface area contributed by atoms with Crippen LogP contribution in [0.2, 0.25) is 0 Å². The van der Waals surface area contributed by atoms with Crippen LogP contribution in [0.4, 0.5) is 10.1 Å². The molecule has 0 atom stereocenters. The molecule has 1 amide bonds. The van der Waals surface area contributed by atoms with Crippen LogP contribution in [-0.2, 0) is 18.3 Å². The second-order valence-corrected chi connectivity index (χ2v) is 7.25. The zero-order chi connectivity index (χ0) is 20.1. The van der Waals surface area contributed by atoms with Gasteiger partial charge in [0.1, 0.15) is 17.4 Å². The average Bonchev–Trinajstić information content (AvgIpc) is 3.02. The lowest BCUT2D eigenvalue weighted by Crippen LogP contribution is -2.15. The smallest absolute Gasteiger partial charge is 0.234 e. The maximum Gasteiger partial charge on any atom is 0.234 e. The number of nitrogens with one attached hydrogen (secondary N) is 1. The van der Waals surface area contributed by atoms with E-state index in [0.29, 0.717) is 11.6 Å². The predicted octanol–water partition coefficient (Wildman–Crippen LogP) is 3.59. The molecule has 0 aliphatic carbocycles. The van der Waals surface area contributed by atoms with E-state index in [9.17, 15) is 9.18 Å². The number of carbonyl (C=O) groups is 1. The molecule has 6 nitrogen and oxygen atoms in total. The molecule has 146 valence electrons. The third kappa shape index (κ3) is 4.89. The zero-order valence-corrected chi connectivity index (χ0v) is 16.7. The van der Waals surface area contributed by atoms with Gasteiger partial charge >= 0.3 is 0 Å². The Morgan fingerprint density at radius 1 is 1.21 bits per heavy atom. The van der Waals surface area contributed by atoms with Crippen molar-refractivity contribution < 1.29 is 13.9 Å². The molecule has 0 saturated carbocycles. The number of benzene rings is 2. The summed E-state index contributed by atoms with van der Waals surface area (Å²) in [5, 5.41) is 11.6. The van der Waals surface area contributed by atoms with Crippen molar-refractivity contribution in [2.45, 2.75) is 18.5 Å². The van der Waals surface area contributed by atoms with Crippen LogP contribution in [0.5, 0.6) is 5.75 Å². The minimum absolute atomic E-state index is 0.113. The average molecular weight is 400 g/mol. The largest absolute Gasteiger partial charge is 0.497 e. The van der Waals surface area contributed by atoms with E-state index in [1.165, 1.54) is 17.8 Å². The fourth-order valence-corrected chi connectivity index (χ4v) is 3.32. The number of hydrogen-bond donors (Lipinski definition) is 1. The number of ether oxygens (including phenoxy) is 1. The van der Waals surface area contributed by atoms with Crippen molar-refractivity contribution in [2.24, 2.45) is 7.05 Å². The quantitative estimate of drug-likeness (QED) is 0.614. The summed E-state index contributed by atoms with van der Waals surface area (Å²) in [4.78, 5) is 12.1. The van der Waals surface area contributed by atoms with Crippen molar-refractivity contribution in [3.63, 3.8) is 0 Å². The second kappa shape index (κ2) is 8.88. The number of carbonyl (C=O) groups excluding carboxylic acids is 1. The summed E-state index contributed by atoms with van der Waals surface area (Å²) in [5.41, 5.74) is 2.06. The van der Waals surface area contributed by atoms with Gasteiger partial charge in [0.05, 0.1) is 18.6 Å². The number of nitrogens with zero attached hydrogens (tertiary/aromatic N) is 3. The van der Waals surface area contributed by atoms with E-state index in [2.05, 4.69) is 15.5 Å². The summed E-state index contributed by atoms with van der Waals surface area (Å²) in [6.07, 6.45) is 0.620. The first-order valence-corrected chi connectivity index (χ1v) is 9.65. The molecule has 28 heavy (non-hydrogen) atoms. The Morgan fingerprint density at radius 2 is 1.96 bits per heavy atom. The fourth-order valence-electron chi connectivity index (χ4n) is 2.59. The number of halogens is 1. The number of methoxy groups -OCH3 is 1. The number of amides is 1. The first-order chi connectivity index (χ1) is 13.5. The molecule has 0 aliphatic rings. The van der Waals surface area contributed by atoms with Gasteiger partial charge in [-0.05, 0) is 42.3 Å². The van der Waals surface area contributed by atoms with E-state index in [4.69, 9.17) is 4.74 Å². The SMILES string of the molecule is COc1ccc(Cc2nnc(SCC(=O)Nc3ccc(C)cc3F)n2C)cc1. The number of anilines is 1. The van der Waals surface area contributed by atoms with Gasteiger partial charge in [-0.3, -0.25) is 4.79 Å². The van der Waals surface area contributed by atoms with Gasteiger partial charge in [0.15, 0.2) is 5.16 Å². The van der Waals surface area contributed by atoms with E-state index in [0.717, 1.165) is 22.7 Å². The number of rotatable bonds is 7. The number of hydrogen-bond acceptors (Lipinski definition) is 5. The molecule has 1 heterocycles. The van der Waals surface area contributed by atoms with E-state index in [1.807, 2.05) is 35.9 Å². The molecule has 0 bridgehead atoms. The van der Waals surface area contributed by atoms with E-state index in [1.54, 1.807) is 26.2 Å². The van der Waals surface area contributed by atoms with Gasteiger partial charge in [0, 0.05) is 13.5 Å². The Hall–Kier alpha value is -2.87. The van der Waals surface area contributed by atoms with Crippen molar-refractivity contribution >= 4 is 23.4 Å². The maximum atomic E-state index is 13.8. The van der Waals surface area contributed by atoms with Crippen LogP contribution in [-0.4, -0.2) is 33.5 Å². The lowest BCUT2D eigenvalue weighted by Gasteiger charge is -2.07. The van der Waals surface area contributed by atoms with E-state index < -0.39 is 5.82 Å². The van der Waals surface area contributed by atoms with Gasteiger partial charge in [0.25, 0.3) is 0 Å². The van der Waals surface area contributed by atoms with Gasteiger partial charge in [-0.1, -0.05) is 30.0 Å². The van der Waals surface area contributed by atoms with Crippen LogP contribution < -0.4 is 10.1 Å². The van der Waals surface area contributed by atoms with Crippen molar-refractivity contribution in [3.05, 3.63) is 65.2 Å². The predicted molar refractivity (Wildman–Crippen MR) is 107 cm³/mol. The minimum atomic E-state index is -0.446. The highest BCUT2D eigenvalue weighted by Crippen LogP contribution is 2.20. The van der Waals surface area contributed by atoms with Crippen LogP contribution >= 0.6 is 11.8 Å². The van der Waals surface area contributed by atoms with Gasteiger partial charge in [-0.25, -0.2) is 4.39 Å². The van der Waals surface area contributed by atoms with Crippen LogP contribution in [0.1, 0.15) is 17.0 Å². The summed E-state index contributed by atoms with van der Waals surface area (Å²) in [7, 11) is 3.49. The summed E-state index contributed by atoms with van der Waals surface area (Å²) >= 11 is 1.26. The van der Waals surface area contributed by atoms with Crippen LogP contribution in [0.3, 0.4) is 0 Å². The summed E-state index contributed by atoms with van der Waals surface area (Å²) in [6, 6.07) is 12.4. The van der Waals surface area contributed by atoms with Crippen LogP contribution in [0.15, 0.2) is 47.6 Å². The molecule has 1 aromatic heterocycles. The highest BCUT2D eigenvalue weighted by atomic mass is 32.2. The third-order valence-electron chi connectivity index (χ3n) is 4.18. The minimum Gasteiger partial charge on any atom is -0.497 e. The van der Waals surface area contributed by atoms with E-state index >= 15 is 0 Å². The van der Waals surface area contributed by atoms with Gasteiger partial charge in [-0.2, -0.15) is 0 Å². The zero-order valence-electron chi connectivity index (χ0n) is 15.9. The molecule has 0 aliphatic heterocycles. The summed E-state index contributed by atoms with van der Waals surface area (Å²) < 4.78 is 20.9. The lowest BCUT2D eigenvalue weighted by atomic mass is 10.1. The summed E-state index contributed by atoms with van der Waals surface area (Å²) in [6.45, 7) is 1.79. The molecule has 0 radical (unpaired) electrons. The van der Waals surface area contributed by atoms with Crippen molar-refractivity contribution in [3.8, 4) is 5.75 Å². The molecule has 0 unspecified atom stereocenters. The Bertz CT molecular complexity index is 973. The Labute approximate surface area is 167 Å². The molecule has 1 N–H and O–H groups in total. The van der Waals surface area contributed by atoms with Crippen molar-refractivity contribution in [1.82, 2.24) is 14.8 Å². The molecular formula is C20H21FN4O2S.